The number of nitrogens with one attached hydrogen (secondary N) is 3. The SMILES string of the molecule is N/C1=C/C(N2CC[C@H](N)C2)=N\CC(I)(NC(=O)Nc2ccccc2)/C=N\N1. The molecule has 1 aromatic carbocycles. The van der Waals surface area contributed by atoms with Gasteiger partial charge >= 0.3 is 6.03 Å². The Hall–Kier alpha value is -2.34. The van der Waals surface area contributed by atoms with Crippen LogP contribution in [0.5, 0.6) is 0 Å². The summed E-state index contributed by atoms with van der Waals surface area (Å²) in [5.74, 6) is 1.10. The smallest absolute Gasteiger partial charge is 0.320 e. The third-order valence-corrected chi connectivity index (χ3v) is 5.01. The van der Waals surface area contributed by atoms with Crippen molar-refractivity contribution in [1.29, 1.82) is 0 Å². The van der Waals surface area contributed by atoms with Gasteiger partial charge in [-0.2, -0.15) is 5.10 Å². The number of carbonyl (C=O) groups is 1. The highest BCUT2D eigenvalue weighted by Gasteiger charge is 2.29. The topological polar surface area (TPSA) is 133 Å². The maximum Gasteiger partial charge on any atom is 0.320 e. The van der Waals surface area contributed by atoms with Gasteiger partial charge < -0.3 is 27.0 Å². The lowest BCUT2D eigenvalue weighted by molar-refractivity contribution is 0.250. The number of halogens is 1. The fourth-order valence-corrected chi connectivity index (χ4v) is 3.35. The van der Waals surface area contributed by atoms with Crippen molar-refractivity contribution in [2.24, 2.45) is 21.6 Å². The monoisotopic (exact) mass is 482 g/mol. The number of nitrogens with zero attached hydrogens (tertiary/aromatic N) is 3. The van der Waals surface area contributed by atoms with E-state index >= 15 is 0 Å². The molecule has 1 aromatic rings. The zero-order valence-corrected chi connectivity index (χ0v) is 16.9. The largest absolute Gasteiger partial charge is 0.384 e. The number of urea groups is 1. The number of amides is 2. The van der Waals surface area contributed by atoms with Gasteiger partial charge in [0.1, 0.15) is 15.2 Å². The van der Waals surface area contributed by atoms with Gasteiger partial charge in [0.25, 0.3) is 0 Å². The van der Waals surface area contributed by atoms with E-state index < -0.39 is 3.55 Å². The Labute approximate surface area is 171 Å². The molecule has 0 spiro atoms. The average Bonchev–Trinajstić information content (AvgIpc) is 3.07. The lowest BCUT2D eigenvalue weighted by Crippen LogP contribution is -2.49. The minimum atomic E-state index is -0.824. The molecule has 2 amide bonds. The summed E-state index contributed by atoms with van der Waals surface area (Å²) in [7, 11) is 0. The fourth-order valence-electron chi connectivity index (χ4n) is 2.79. The number of nitrogens with two attached hydrogens (primary N) is 2. The third kappa shape index (κ3) is 5.57. The van der Waals surface area contributed by atoms with E-state index in [1.165, 1.54) is 0 Å². The Balaban J connectivity index is 1.73. The lowest BCUT2D eigenvalue weighted by Gasteiger charge is -2.24. The second kappa shape index (κ2) is 8.57. The van der Waals surface area contributed by atoms with Crippen LogP contribution >= 0.6 is 22.6 Å². The van der Waals surface area contributed by atoms with Crippen LogP contribution in [0.1, 0.15) is 6.42 Å². The lowest BCUT2D eigenvalue weighted by atomic mass is 10.3. The molecular formula is C17H23IN8O. The van der Waals surface area contributed by atoms with Crippen molar-refractivity contribution in [3.05, 3.63) is 42.2 Å². The minimum absolute atomic E-state index is 0.123. The van der Waals surface area contributed by atoms with E-state index in [9.17, 15) is 4.79 Å². The number of rotatable bonds is 2. The molecule has 144 valence electrons. The van der Waals surface area contributed by atoms with Gasteiger partial charge in [0, 0.05) is 30.9 Å². The number of carbonyl (C=O) groups excluding carboxylic acids is 1. The average molecular weight is 482 g/mol. The standard InChI is InChI=1S/C17H23IN8O/c18-17(24-16(27)23-13-4-2-1-3-5-13)10-21-15(8-14(20)25-22-11-17)26-7-6-12(19)9-26/h1-5,8,11-12,25H,6-7,9-10,19-20H2,(H2,23,24,27)/b14-8-,21-15+,22-11-/t12-,17?/m0/s1. The molecule has 27 heavy (non-hydrogen) atoms. The third-order valence-electron chi connectivity index (χ3n) is 4.12. The van der Waals surface area contributed by atoms with Crippen molar-refractivity contribution in [2.45, 2.75) is 16.0 Å². The molecule has 0 radical (unpaired) electrons. The highest BCUT2D eigenvalue weighted by Crippen LogP contribution is 2.17. The van der Waals surface area contributed by atoms with Gasteiger partial charge in [-0.15, -0.1) is 0 Å². The number of likely N-dealkylation sites (tertiary alicyclic amines) is 1. The molecule has 1 saturated heterocycles. The van der Waals surface area contributed by atoms with Crippen molar-refractivity contribution in [3.63, 3.8) is 0 Å². The zero-order valence-electron chi connectivity index (χ0n) is 14.7. The van der Waals surface area contributed by atoms with E-state index in [-0.39, 0.29) is 12.1 Å². The summed E-state index contributed by atoms with van der Waals surface area (Å²) in [6.07, 6.45) is 4.23. The highest BCUT2D eigenvalue weighted by molar-refractivity contribution is 14.1. The van der Waals surface area contributed by atoms with Crippen LogP contribution < -0.4 is 27.5 Å². The van der Waals surface area contributed by atoms with Gasteiger partial charge in [0.2, 0.25) is 0 Å². The van der Waals surface area contributed by atoms with Gasteiger partial charge in [0.05, 0.1) is 12.8 Å². The Morgan fingerprint density at radius 3 is 2.85 bits per heavy atom. The molecule has 0 bridgehead atoms. The van der Waals surface area contributed by atoms with E-state index in [4.69, 9.17) is 11.5 Å². The zero-order chi connectivity index (χ0) is 19.3. The van der Waals surface area contributed by atoms with Crippen molar-refractivity contribution < 1.29 is 4.79 Å². The number of hydrogen-bond donors (Lipinski definition) is 5. The minimum Gasteiger partial charge on any atom is -0.384 e. The first-order valence-electron chi connectivity index (χ1n) is 8.59. The number of para-hydroxylation sites is 1. The Kier molecular flexibility index (Phi) is 6.16. The molecule has 2 aliphatic heterocycles. The number of hydrogen-bond acceptors (Lipinski definition) is 7. The molecule has 2 atom stereocenters. The second-order valence-electron chi connectivity index (χ2n) is 6.45. The van der Waals surface area contributed by atoms with Gasteiger partial charge in [-0.1, -0.05) is 18.2 Å². The number of benzene rings is 1. The number of alkyl halides is 1. The van der Waals surface area contributed by atoms with E-state index in [2.05, 4.69) is 53.6 Å². The summed E-state index contributed by atoms with van der Waals surface area (Å²) < 4.78 is -0.824. The Morgan fingerprint density at radius 1 is 1.37 bits per heavy atom. The second-order valence-corrected chi connectivity index (χ2v) is 8.37. The highest BCUT2D eigenvalue weighted by atomic mass is 127. The first-order valence-corrected chi connectivity index (χ1v) is 9.67. The summed E-state index contributed by atoms with van der Waals surface area (Å²) >= 11 is 2.12. The predicted octanol–water partition coefficient (Wildman–Crippen LogP) is 0.760. The molecule has 10 heteroatoms. The molecule has 2 aliphatic rings. The number of anilines is 1. The molecule has 1 unspecified atom stereocenters. The normalized spacial score (nSPS) is 30.4. The van der Waals surface area contributed by atoms with Crippen molar-refractivity contribution in [2.75, 3.05) is 25.0 Å². The quantitative estimate of drug-likeness (QED) is 0.241. The van der Waals surface area contributed by atoms with Crippen LogP contribution in [-0.2, 0) is 0 Å². The van der Waals surface area contributed by atoms with Crippen LogP contribution in [0.15, 0.2) is 52.3 Å². The molecule has 0 aliphatic carbocycles. The summed E-state index contributed by atoms with van der Waals surface area (Å²) in [4.78, 5) is 19.2. The van der Waals surface area contributed by atoms with Crippen LogP contribution in [0, 0.1) is 0 Å². The molecule has 9 nitrogen and oxygen atoms in total. The fraction of sp³-hybridized carbons (Fsp3) is 0.353. The first-order chi connectivity index (χ1) is 12.9. The molecular weight excluding hydrogens is 459 g/mol. The molecule has 7 N–H and O–H groups in total. The van der Waals surface area contributed by atoms with Crippen LogP contribution in [0.2, 0.25) is 0 Å². The number of amidine groups is 1. The van der Waals surface area contributed by atoms with E-state index in [0.717, 1.165) is 25.3 Å². The van der Waals surface area contributed by atoms with Gasteiger partial charge in [-0.3, -0.25) is 10.4 Å². The van der Waals surface area contributed by atoms with E-state index in [1.54, 1.807) is 12.3 Å². The van der Waals surface area contributed by atoms with Crippen LogP contribution in [0.4, 0.5) is 10.5 Å². The van der Waals surface area contributed by atoms with Crippen LogP contribution in [-0.4, -0.2) is 52.2 Å². The summed E-state index contributed by atoms with van der Waals surface area (Å²) in [5.41, 5.74) is 15.4. The van der Waals surface area contributed by atoms with Crippen molar-refractivity contribution in [1.82, 2.24) is 15.6 Å². The summed E-state index contributed by atoms with van der Waals surface area (Å²) in [6.45, 7) is 1.84. The maximum atomic E-state index is 12.4. The van der Waals surface area contributed by atoms with Crippen molar-refractivity contribution >= 4 is 46.4 Å². The molecule has 0 aromatic heterocycles. The molecule has 0 saturated carbocycles. The van der Waals surface area contributed by atoms with Crippen LogP contribution in [0.3, 0.4) is 0 Å². The number of hydrazone groups is 1. The van der Waals surface area contributed by atoms with E-state index in [0.29, 0.717) is 18.1 Å². The number of aliphatic imine (C=N–C) groups is 1. The van der Waals surface area contributed by atoms with Crippen molar-refractivity contribution in [3.8, 4) is 0 Å². The molecule has 2 heterocycles. The first kappa shape index (κ1) is 19.4. The van der Waals surface area contributed by atoms with Gasteiger partial charge in [-0.05, 0) is 41.1 Å². The molecule has 3 rings (SSSR count). The maximum absolute atomic E-state index is 12.4. The van der Waals surface area contributed by atoms with Crippen LogP contribution in [0.25, 0.3) is 0 Å². The Bertz CT molecular complexity index is 765. The summed E-state index contributed by atoms with van der Waals surface area (Å²) in [5, 5.41) is 9.83. The van der Waals surface area contributed by atoms with Gasteiger partial charge in [-0.25, -0.2) is 4.79 Å². The predicted molar refractivity (Wildman–Crippen MR) is 116 cm³/mol. The molecule has 1 fully saturated rings. The Morgan fingerprint density at radius 2 is 2.15 bits per heavy atom. The summed E-state index contributed by atoms with van der Waals surface area (Å²) in [6, 6.07) is 9.00. The van der Waals surface area contributed by atoms with Gasteiger partial charge in [0.15, 0.2) is 0 Å². The van der Waals surface area contributed by atoms with E-state index in [1.807, 2.05) is 30.3 Å².